The number of pyridine rings is 1. The van der Waals surface area contributed by atoms with E-state index in [0.717, 1.165) is 25.5 Å². The molecule has 7 nitrogen and oxygen atoms in total. The molecule has 160 valence electrons. The first-order valence-corrected chi connectivity index (χ1v) is 10.2. The van der Waals surface area contributed by atoms with Gasteiger partial charge in [0, 0.05) is 43.5 Å². The molecule has 2 heterocycles. The van der Waals surface area contributed by atoms with Gasteiger partial charge < -0.3 is 25.0 Å². The van der Waals surface area contributed by atoms with Crippen LogP contribution in [0.2, 0.25) is 0 Å². The molecular weight excluding hydrogens is 392 g/mol. The summed E-state index contributed by atoms with van der Waals surface area (Å²) < 4.78 is 10.6. The average molecular weight is 418 g/mol. The number of benzene rings is 2. The van der Waals surface area contributed by atoms with E-state index < -0.39 is 0 Å². The van der Waals surface area contributed by atoms with Crippen LogP contribution in [0.3, 0.4) is 0 Å². The van der Waals surface area contributed by atoms with Crippen LogP contribution in [-0.2, 0) is 0 Å². The quantitative estimate of drug-likeness (QED) is 0.638. The largest absolute Gasteiger partial charge is 0.497 e. The molecule has 3 aromatic rings. The van der Waals surface area contributed by atoms with Crippen LogP contribution in [0.5, 0.6) is 11.5 Å². The lowest BCUT2D eigenvalue weighted by atomic mass is 10.0. The Labute approximate surface area is 182 Å². The van der Waals surface area contributed by atoms with Crippen LogP contribution in [0.1, 0.15) is 22.0 Å². The minimum absolute atomic E-state index is 0.218. The number of ether oxygens (including phenoxy) is 2. The maximum Gasteiger partial charge on any atom is 0.255 e. The Morgan fingerprint density at radius 1 is 1.10 bits per heavy atom. The van der Waals surface area contributed by atoms with Crippen LogP contribution >= 0.6 is 0 Å². The fourth-order valence-corrected chi connectivity index (χ4v) is 3.71. The van der Waals surface area contributed by atoms with Crippen LogP contribution in [0.25, 0.3) is 0 Å². The van der Waals surface area contributed by atoms with Gasteiger partial charge in [0.05, 0.1) is 19.9 Å². The van der Waals surface area contributed by atoms with Gasteiger partial charge in [0.25, 0.3) is 5.91 Å². The molecular formula is C24H26N4O3. The second kappa shape index (κ2) is 9.49. The van der Waals surface area contributed by atoms with Gasteiger partial charge in [0.2, 0.25) is 0 Å². The molecule has 0 aliphatic carbocycles. The molecule has 1 amide bonds. The van der Waals surface area contributed by atoms with Gasteiger partial charge in [-0.15, -0.1) is 0 Å². The molecule has 0 bridgehead atoms. The van der Waals surface area contributed by atoms with Crippen LogP contribution in [0.15, 0.2) is 66.9 Å². The third-order valence-electron chi connectivity index (χ3n) is 5.36. The third kappa shape index (κ3) is 4.78. The van der Waals surface area contributed by atoms with Crippen molar-refractivity contribution in [2.45, 2.75) is 6.04 Å². The molecule has 1 atom stereocenters. The number of nitrogens with zero attached hydrogens (tertiary/aromatic N) is 2. The second-order valence-electron chi connectivity index (χ2n) is 7.29. The van der Waals surface area contributed by atoms with Gasteiger partial charge in [-0.25, -0.2) is 4.98 Å². The monoisotopic (exact) mass is 418 g/mol. The van der Waals surface area contributed by atoms with Crippen molar-refractivity contribution in [3.8, 4) is 11.5 Å². The number of hydrogen-bond acceptors (Lipinski definition) is 6. The lowest BCUT2D eigenvalue weighted by Gasteiger charge is -2.34. The molecule has 7 heteroatoms. The number of piperazine rings is 1. The Morgan fingerprint density at radius 2 is 1.94 bits per heavy atom. The second-order valence-corrected chi connectivity index (χ2v) is 7.29. The predicted octanol–water partition coefficient (Wildman–Crippen LogP) is 3.50. The highest BCUT2D eigenvalue weighted by Gasteiger charge is 2.22. The molecule has 2 aromatic carbocycles. The van der Waals surface area contributed by atoms with Crippen molar-refractivity contribution < 1.29 is 14.3 Å². The van der Waals surface area contributed by atoms with Crippen molar-refractivity contribution in [3.63, 3.8) is 0 Å². The summed E-state index contributed by atoms with van der Waals surface area (Å²) in [6.45, 7) is 2.45. The Kier molecular flexibility index (Phi) is 6.33. The van der Waals surface area contributed by atoms with Gasteiger partial charge >= 0.3 is 0 Å². The van der Waals surface area contributed by atoms with E-state index in [9.17, 15) is 4.79 Å². The van der Waals surface area contributed by atoms with Crippen molar-refractivity contribution in [1.29, 1.82) is 0 Å². The predicted molar refractivity (Wildman–Crippen MR) is 121 cm³/mol. The van der Waals surface area contributed by atoms with E-state index in [-0.39, 0.29) is 11.9 Å². The number of carbonyl (C=O) groups is 1. The van der Waals surface area contributed by atoms with Crippen LogP contribution in [-0.4, -0.2) is 44.7 Å². The number of nitrogens with one attached hydrogen (secondary N) is 2. The van der Waals surface area contributed by atoms with E-state index >= 15 is 0 Å². The molecule has 0 radical (unpaired) electrons. The van der Waals surface area contributed by atoms with Crippen LogP contribution < -0.4 is 25.0 Å². The van der Waals surface area contributed by atoms with E-state index in [2.05, 4.69) is 32.7 Å². The summed E-state index contributed by atoms with van der Waals surface area (Å²) in [6, 6.07) is 19.4. The summed E-state index contributed by atoms with van der Waals surface area (Å²) >= 11 is 0. The molecule has 1 fully saturated rings. The summed E-state index contributed by atoms with van der Waals surface area (Å²) in [4.78, 5) is 19.7. The highest BCUT2D eigenvalue weighted by Crippen LogP contribution is 2.29. The van der Waals surface area contributed by atoms with E-state index in [1.807, 2.05) is 24.3 Å². The lowest BCUT2D eigenvalue weighted by molar-refractivity contribution is 0.102. The van der Waals surface area contributed by atoms with Gasteiger partial charge in [-0.3, -0.25) is 4.79 Å². The van der Waals surface area contributed by atoms with Crippen molar-refractivity contribution in [2.75, 3.05) is 44.1 Å². The third-order valence-corrected chi connectivity index (χ3v) is 5.36. The zero-order chi connectivity index (χ0) is 21.6. The summed E-state index contributed by atoms with van der Waals surface area (Å²) in [5.41, 5.74) is 2.33. The Bertz CT molecular complexity index is 1040. The summed E-state index contributed by atoms with van der Waals surface area (Å²) in [5.74, 6) is 1.76. The molecule has 0 spiro atoms. The number of carbonyl (C=O) groups excluding carboxylic acids is 1. The molecule has 1 aliphatic heterocycles. The first-order chi connectivity index (χ1) is 15.2. The maximum absolute atomic E-state index is 12.9. The Hall–Kier alpha value is -3.58. The Morgan fingerprint density at radius 3 is 2.71 bits per heavy atom. The van der Waals surface area contributed by atoms with E-state index in [0.29, 0.717) is 22.7 Å². The van der Waals surface area contributed by atoms with Gasteiger partial charge in [0.1, 0.15) is 17.3 Å². The van der Waals surface area contributed by atoms with Crippen molar-refractivity contribution in [2.24, 2.45) is 0 Å². The minimum Gasteiger partial charge on any atom is -0.497 e. The van der Waals surface area contributed by atoms with E-state index in [1.165, 1.54) is 5.56 Å². The normalized spacial score (nSPS) is 15.9. The number of hydrogen-bond donors (Lipinski definition) is 2. The molecule has 1 aliphatic rings. The van der Waals surface area contributed by atoms with Crippen molar-refractivity contribution in [1.82, 2.24) is 10.3 Å². The van der Waals surface area contributed by atoms with Gasteiger partial charge in [-0.1, -0.05) is 30.3 Å². The molecule has 1 saturated heterocycles. The van der Waals surface area contributed by atoms with E-state index in [4.69, 9.17) is 9.47 Å². The fourth-order valence-electron chi connectivity index (χ4n) is 3.71. The van der Waals surface area contributed by atoms with Gasteiger partial charge in [0.15, 0.2) is 0 Å². The Balaban J connectivity index is 1.51. The first-order valence-electron chi connectivity index (χ1n) is 10.2. The van der Waals surface area contributed by atoms with Crippen molar-refractivity contribution >= 4 is 17.4 Å². The maximum atomic E-state index is 12.9. The SMILES string of the molecule is COc1ccc(OC)c(NC(=O)c2ccnc(N3CCNC(c4ccccc4)C3)c2)c1. The first kappa shape index (κ1) is 20.7. The molecule has 1 aromatic heterocycles. The van der Waals surface area contributed by atoms with Crippen molar-refractivity contribution in [3.05, 3.63) is 78.0 Å². The summed E-state index contributed by atoms with van der Waals surface area (Å²) in [7, 11) is 3.15. The van der Waals surface area contributed by atoms with Gasteiger partial charge in [-0.2, -0.15) is 0 Å². The van der Waals surface area contributed by atoms with E-state index in [1.54, 1.807) is 44.7 Å². The number of anilines is 2. The molecule has 31 heavy (non-hydrogen) atoms. The highest BCUT2D eigenvalue weighted by molar-refractivity contribution is 6.05. The van der Waals surface area contributed by atoms with Crippen LogP contribution in [0, 0.1) is 0 Å². The fraction of sp³-hybridized carbons (Fsp3) is 0.250. The highest BCUT2D eigenvalue weighted by atomic mass is 16.5. The zero-order valence-electron chi connectivity index (χ0n) is 17.7. The number of methoxy groups -OCH3 is 2. The lowest BCUT2D eigenvalue weighted by Crippen LogP contribution is -2.46. The molecule has 2 N–H and O–H groups in total. The smallest absolute Gasteiger partial charge is 0.255 e. The van der Waals surface area contributed by atoms with Gasteiger partial charge in [-0.05, 0) is 29.8 Å². The number of aromatic nitrogens is 1. The minimum atomic E-state index is -0.232. The number of rotatable bonds is 6. The number of amides is 1. The average Bonchev–Trinajstić information content (AvgIpc) is 2.84. The summed E-state index contributed by atoms with van der Waals surface area (Å²) in [5, 5.41) is 6.47. The standard InChI is InChI=1S/C24H26N4O3/c1-30-19-8-9-22(31-2)20(15-19)27-24(29)18-10-11-26-23(14-18)28-13-12-25-21(16-28)17-6-4-3-5-7-17/h3-11,14-15,21,25H,12-13,16H2,1-2H3,(H,27,29). The molecule has 1 unspecified atom stereocenters. The molecule has 4 rings (SSSR count). The van der Waals surface area contributed by atoms with Crippen LogP contribution in [0.4, 0.5) is 11.5 Å². The molecule has 0 saturated carbocycles. The summed E-state index contributed by atoms with van der Waals surface area (Å²) in [6.07, 6.45) is 1.67. The zero-order valence-corrected chi connectivity index (χ0v) is 17.7. The topological polar surface area (TPSA) is 75.7 Å².